The summed E-state index contributed by atoms with van der Waals surface area (Å²) in [6.07, 6.45) is 8.94. The van der Waals surface area contributed by atoms with E-state index in [-0.39, 0.29) is 11.9 Å². The average Bonchev–Trinajstić information content (AvgIpc) is 2.70. The highest BCUT2D eigenvalue weighted by atomic mass is 79.9. The molecule has 108 valence electrons. The van der Waals surface area contributed by atoms with Crippen molar-refractivity contribution in [2.75, 3.05) is 5.32 Å². The molecule has 1 unspecified atom stereocenters. The Hall–Kier alpha value is -0.870. The largest absolute Gasteiger partial charge is 0.324 e. The van der Waals surface area contributed by atoms with Crippen LogP contribution in [0.2, 0.25) is 0 Å². The zero-order chi connectivity index (χ0) is 13.9. The summed E-state index contributed by atoms with van der Waals surface area (Å²) in [5.41, 5.74) is 2.01. The Labute approximate surface area is 128 Å². The molecule has 1 amide bonds. The highest BCUT2D eigenvalue weighted by Gasteiger charge is 2.33. The van der Waals surface area contributed by atoms with Gasteiger partial charge in [-0.2, -0.15) is 0 Å². The molecule has 4 heteroatoms. The van der Waals surface area contributed by atoms with E-state index in [1.807, 2.05) is 18.2 Å². The summed E-state index contributed by atoms with van der Waals surface area (Å²) in [5.74, 6) is 0.0777. The molecule has 0 radical (unpaired) electrons. The molecule has 0 aromatic heterocycles. The van der Waals surface area contributed by atoms with Crippen LogP contribution in [0.1, 0.15) is 56.6 Å². The number of rotatable bonds is 2. The van der Waals surface area contributed by atoms with Gasteiger partial charge in [-0.3, -0.25) is 10.1 Å². The van der Waals surface area contributed by atoms with Crippen LogP contribution in [-0.4, -0.2) is 11.9 Å². The predicted molar refractivity (Wildman–Crippen MR) is 84.8 cm³/mol. The van der Waals surface area contributed by atoms with E-state index in [0.29, 0.717) is 6.04 Å². The fourth-order valence-corrected chi connectivity index (χ4v) is 3.89. The lowest BCUT2D eigenvalue weighted by molar-refractivity contribution is -0.117. The number of hydrogen-bond donors (Lipinski definition) is 2. The van der Waals surface area contributed by atoms with Crippen LogP contribution in [0.3, 0.4) is 0 Å². The first kappa shape index (κ1) is 14.1. The van der Waals surface area contributed by atoms with Crippen LogP contribution in [0, 0.1) is 0 Å². The van der Waals surface area contributed by atoms with E-state index in [0.717, 1.165) is 15.7 Å². The van der Waals surface area contributed by atoms with Crippen molar-refractivity contribution >= 4 is 27.5 Å². The van der Waals surface area contributed by atoms with Crippen molar-refractivity contribution in [2.24, 2.45) is 0 Å². The monoisotopic (exact) mass is 336 g/mol. The number of carbonyl (C=O) groups excluding carboxylic acids is 1. The number of halogens is 1. The van der Waals surface area contributed by atoms with Gasteiger partial charge in [0.2, 0.25) is 5.91 Å². The quantitative estimate of drug-likeness (QED) is 0.851. The van der Waals surface area contributed by atoms with E-state index >= 15 is 0 Å². The standard InChI is InChI=1S/C16H21BrN2O/c17-12-9-6-10-13-14(12)15(16(20)19-13)18-11-7-4-2-1-3-5-8-11/h6,9-11,15,18H,1-5,7-8H2,(H,19,20). The molecule has 1 aliphatic carbocycles. The Morgan fingerprint density at radius 3 is 2.55 bits per heavy atom. The third kappa shape index (κ3) is 2.91. The summed E-state index contributed by atoms with van der Waals surface area (Å²) in [6, 6.07) is 6.19. The lowest BCUT2D eigenvalue weighted by atomic mass is 9.95. The maximum Gasteiger partial charge on any atom is 0.246 e. The van der Waals surface area contributed by atoms with Gasteiger partial charge in [-0.15, -0.1) is 0 Å². The fraction of sp³-hybridized carbons (Fsp3) is 0.562. The molecule has 1 aromatic rings. The fourth-order valence-electron chi connectivity index (χ4n) is 3.29. The molecule has 1 aliphatic heterocycles. The van der Waals surface area contributed by atoms with Gasteiger partial charge in [-0.25, -0.2) is 0 Å². The lowest BCUT2D eigenvalue weighted by Gasteiger charge is -2.24. The maximum absolute atomic E-state index is 12.2. The van der Waals surface area contributed by atoms with E-state index < -0.39 is 0 Å². The number of fused-ring (bicyclic) bond motifs is 1. The number of benzene rings is 1. The van der Waals surface area contributed by atoms with Gasteiger partial charge >= 0.3 is 0 Å². The molecule has 0 spiro atoms. The van der Waals surface area contributed by atoms with E-state index in [4.69, 9.17) is 0 Å². The Morgan fingerprint density at radius 1 is 1.10 bits per heavy atom. The second-order valence-corrected chi connectivity index (χ2v) is 6.69. The summed E-state index contributed by atoms with van der Waals surface area (Å²) < 4.78 is 1.01. The maximum atomic E-state index is 12.2. The molecule has 0 bridgehead atoms. The molecule has 1 saturated carbocycles. The van der Waals surface area contributed by atoms with E-state index in [9.17, 15) is 4.79 Å². The molecule has 20 heavy (non-hydrogen) atoms. The van der Waals surface area contributed by atoms with Gasteiger partial charge in [0.1, 0.15) is 6.04 Å². The number of carbonyl (C=O) groups is 1. The molecule has 3 rings (SSSR count). The molecular formula is C16H21BrN2O. The predicted octanol–water partition coefficient (Wildman–Crippen LogP) is 4.14. The first-order valence-corrected chi connectivity index (χ1v) is 8.40. The molecule has 2 aliphatic rings. The van der Waals surface area contributed by atoms with Crippen molar-refractivity contribution in [3.63, 3.8) is 0 Å². The smallest absolute Gasteiger partial charge is 0.246 e. The first-order chi connectivity index (χ1) is 9.75. The van der Waals surface area contributed by atoms with Crippen LogP contribution in [0.4, 0.5) is 5.69 Å². The van der Waals surface area contributed by atoms with E-state index in [2.05, 4.69) is 26.6 Å². The summed E-state index contributed by atoms with van der Waals surface area (Å²) in [7, 11) is 0. The number of hydrogen-bond acceptors (Lipinski definition) is 2. The Morgan fingerprint density at radius 2 is 1.80 bits per heavy atom. The summed E-state index contributed by atoms with van der Waals surface area (Å²) >= 11 is 3.58. The topological polar surface area (TPSA) is 41.1 Å². The van der Waals surface area contributed by atoms with Crippen molar-refractivity contribution in [3.8, 4) is 0 Å². The molecular weight excluding hydrogens is 316 g/mol. The van der Waals surface area contributed by atoms with Crippen LogP contribution in [0.25, 0.3) is 0 Å². The molecule has 0 saturated heterocycles. The Balaban J connectivity index is 1.75. The number of nitrogens with one attached hydrogen (secondary N) is 2. The van der Waals surface area contributed by atoms with Gasteiger partial charge in [0, 0.05) is 21.8 Å². The first-order valence-electron chi connectivity index (χ1n) is 7.61. The molecule has 1 heterocycles. The lowest BCUT2D eigenvalue weighted by Crippen LogP contribution is -2.36. The third-order valence-electron chi connectivity index (χ3n) is 4.37. The molecule has 2 N–H and O–H groups in total. The Kier molecular flexibility index (Phi) is 4.41. The highest BCUT2D eigenvalue weighted by molar-refractivity contribution is 9.10. The normalized spacial score (nSPS) is 23.9. The van der Waals surface area contributed by atoms with E-state index in [1.165, 1.54) is 44.9 Å². The second-order valence-electron chi connectivity index (χ2n) is 5.83. The van der Waals surface area contributed by atoms with Crippen molar-refractivity contribution in [3.05, 3.63) is 28.2 Å². The highest BCUT2D eigenvalue weighted by Crippen LogP contribution is 2.37. The minimum absolute atomic E-state index is 0.0777. The van der Waals surface area contributed by atoms with Crippen LogP contribution < -0.4 is 10.6 Å². The molecule has 1 atom stereocenters. The van der Waals surface area contributed by atoms with E-state index in [1.54, 1.807) is 0 Å². The number of amides is 1. The van der Waals surface area contributed by atoms with Crippen molar-refractivity contribution in [1.29, 1.82) is 0 Å². The van der Waals surface area contributed by atoms with Crippen LogP contribution in [-0.2, 0) is 4.79 Å². The number of anilines is 1. The molecule has 1 aromatic carbocycles. The van der Waals surface area contributed by atoms with Gasteiger partial charge in [-0.1, -0.05) is 54.1 Å². The average molecular weight is 337 g/mol. The van der Waals surface area contributed by atoms with Gasteiger partial charge < -0.3 is 5.32 Å². The summed E-state index contributed by atoms with van der Waals surface area (Å²) in [6.45, 7) is 0. The second kappa shape index (κ2) is 6.27. The van der Waals surface area contributed by atoms with Crippen molar-refractivity contribution in [1.82, 2.24) is 5.32 Å². The van der Waals surface area contributed by atoms with Crippen LogP contribution in [0.15, 0.2) is 22.7 Å². The summed E-state index contributed by atoms with van der Waals surface area (Å²) in [4.78, 5) is 12.2. The third-order valence-corrected chi connectivity index (χ3v) is 5.06. The van der Waals surface area contributed by atoms with Gasteiger partial charge in [0.15, 0.2) is 0 Å². The molecule has 3 nitrogen and oxygen atoms in total. The van der Waals surface area contributed by atoms with Crippen molar-refractivity contribution in [2.45, 2.75) is 57.0 Å². The SMILES string of the molecule is O=C1Nc2cccc(Br)c2C1NC1CCCCCCC1. The molecule has 1 fully saturated rings. The van der Waals surface area contributed by atoms with Gasteiger partial charge in [-0.05, 0) is 25.0 Å². The van der Waals surface area contributed by atoms with Gasteiger partial charge in [0.25, 0.3) is 0 Å². The Bertz CT molecular complexity index is 495. The minimum Gasteiger partial charge on any atom is -0.324 e. The van der Waals surface area contributed by atoms with Crippen LogP contribution >= 0.6 is 15.9 Å². The zero-order valence-corrected chi connectivity index (χ0v) is 13.2. The van der Waals surface area contributed by atoms with Crippen molar-refractivity contribution < 1.29 is 4.79 Å². The summed E-state index contributed by atoms with van der Waals surface area (Å²) in [5, 5.41) is 6.56. The zero-order valence-electron chi connectivity index (χ0n) is 11.6. The minimum atomic E-state index is -0.204. The van der Waals surface area contributed by atoms with Gasteiger partial charge in [0.05, 0.1) is 0 Å². The van der Waals surface area contributed by atoms with Crippen LogP contribution in [0.5, 0.6) is 0 Å².